The first-order valence-corrected chi connectivity index (χ1v) is 8.90. The van der Waals surface area contributed by atoms with Crippen molar-refractivity contribution in [3.8, 4) is 0 Å². The lowest BCUT2D eigenvalue weighted by Crippen LogP contribution is -2.30. The molecule has 2 aromatic rings. The van der Waals surface area contributed by atoms with Crippen molar-refractivity contribution in [3.63, 3.8) is 0 Å². The highest BCUT2D eigenvalue weighted by molar-refractivity contribution is 6.33. The summed E-state index contributed by atoms with van der Waals surface area (Å²) >= 11 is 11.4. The maximum atomic E-state index is 12.0. The van der Waals surface area contributed by atoms with E-state index in [4.69, 9.17) is 23.2 Å². The first-order chi connectivity index (χ1) is 13.7. The van der Waals surface area contributed by atoms with Gasteiger partial charge >= 0.3 is 0 Å². The van der Waals surface area contributed by atoms with Crippen LogP contribution in [0.4, 0.5) is 11.4 Å². The van der Waals surface area contributed by atoms with E-state index in [9.17, 15) is 29.8 Å². The first kappa shape index (κ1) is 22.1. The summed E-state index contributed by atoms with van der Waals surface area (Å²) in [7, 11) is 0. The zero-order chi connectivity index (χ0) is 21.6. The van der Waals surface area contributed by atoms with E-state index in [1.54, 1.807) is 0 Å². The normalized spacial score (nSPS) is 10.3. The monoisotopic (exact) mass is 440 g/mol. The molecule has 0 atom stereocenters. The standard InChI is InChI=1S/C17H14Cl2N4O6/c18-12-4-2-10(8-14(12)22(26)27)16(24)20-6-1-7-21-17(25)11-3-5-13(19)15(9-11)23(28)29/h2-5,8-9H,1,6-7H2,(H,20,24)(H,21,25). The Hall–Kier alpha value is -3.24. The van der Waals surface area contributed by atoms with Crippen molar-refractivity contribution in [2.75, 3.05) is 13.1 Å². The SMILES string of the molecule is O=C(NCCCNC(=O)c1ccc(Cl)c([N+](=O)[O-])c1)c1ccc(Cl)c([N+](=O)[O-])c1. The fourth-order valence-electron chi connectivity index (χ4n) is 2.28. The molecule has 2 N–H and O–H groups in total. The van der Waals surface area contributed by atoms with Gasteiger partial charge in [0.05, 0.1) is 9.85 Å². The van der Waals surface area contributed by atoms with E-state index in [-0.39, 0.29) is 45.6 Å². The van der Waals surface area contributed by atoms with Crippen molar-refractivity contribution in [2.45, 2.75) is 6.42 Å². The molecule has 0 fully saturated rings. The van der Waals surface area contributed by atoms with E-state index in [0.717, 1.165) is 12.1 Å². The van der Waals surface area contributed by atoms with Crippen molar-refractivity contribution in [2.24, 2.45) is 0 Å². The minimum Gasteiger partial charge on any atom is -0.352 e. The summed E-state index contributed by atoms with van der Waals surface area (Å²) in [4.78, 5) is 44.4. The van der Waals surface area contributed by atoms with Crippen LogP contribution >= 0.6 is 23.2 Å². The van der Waals surface area contributed by atoms with Crippen LogP contribution in [0.5, 0.6) is 0 Å². The molecule has 29 heavy (non-hydrogen) atoms. The number of nitro benzene ring substituents is 2. The van der Waals surface area contributed by atoms with Crippen molar-refractivity contribution in [3.05, 3.63) is 77.8 Å². The zero-order valence-electron chi connectivity index (χ0n) is 14.7. The van der Waals surface area contributed by atoms with Gasteiger partial charge < -0.3 is 10.6 Å². The highest BCUT2D eigenvalue weighted by Gasteiger charge is 2.17. The first-order valence-electron chi connectivity index (χ1n) is 8.15. The Labute approximate surface area is 174 Å². The van der Waals surface area contributed by atoms with Gasteiger partial charge in [-0.2, -0.15) is 0 Å². The molecule has 0 radical (unpaired) electrons. The molecule has 2 aromatic carbocycles. The zero-order valence-corrected chi connectivity index (χ0v) is 16.2. The summed E-state index contributed by atoms with van der Waals surface area (Å²) in [5, 5.41) is 26.7. The number of rotatable bonds is 8. The van der Waals surface area contributed by atoms with E-state index in [2.05, 4.69) is 10.6 Å². The van der Waals surface area contributed by atoms with E-state index in [0.29, 0.717) is 6.42 Å². The average molecular weight is 441 g/mol. The van der Waals surface area contributed by atoms with E-state index >= 15 is 0 Å². The van der Waals surface area contributed by atoms with Crippen LogP contribution in [-0.4, -0.2) is 34.8 Å². The Balaban J connectivity index is 1.82. The van der Waals surface area contributed by atoms with Crippen LogP contribution in [0, 0.1) is 20.2 Å². The fraction of sp³-hybridized carbons (Fsp3) is 0.176. The number of carbonyl (C=O) groups excluding carboxylic acids is 2. The van der Waals surface area contributed by atoms with E-state index in [1.807, 2.05) is 0 Å². The third-order valence-corrected chi connectivity index (χ3v) is 4.37. The van der Waals surface area contributed by atoms with Crippen LogP contribution in [0.25, 0.3) is 0 Å². The molecule has 0 unspecified atom stereocenters. The van der Waals surface area contributed by atoms with Gasteiger partial charge in [0, 0.05) is 36.3 Å². The third kappa shape index (κ3) is 5.87. The molecular weight excluding hydrogens is 427 g/mol. The number of nitrogens with one attached hydrogen (secondary N) is 2. The molecule has 0 spiro atoms. The summed E-state index contributed by atoms with van der Waals surface area (Å²) in [6.45, 7) is 0.382. The van der Waals surface area contributed by atoms with Crippen LogP contribution in [0.2, 0.25) is 10.0 Å². The molecule has 152 valence electrons. The highest BCUT2D eigenvalue weighted by atomic mass is 35.5. The second kappa shape index (κ2) is 9.80. The Morgan fingerprint density at radius 1 is 0.793 bits per heavy atom. The number of nitrogens with zero attached hydrogens (tertiary/aromatic N) is 2. The van der Waals surface area contributed by atoms with Gasteiger partial charge in [-0.1, -0.05) is 23.2 Å². The Bertz CT molecular complexity index is 905. The Morgan fingerprint density at radius 3 is 1.52 bits per heavy atom. The number of carbonyl (C=O) groups is 2. The van der Waals surface area contributed by atoms with E-state index in [1.165, 1.54) is 24.3 Å². The number of hydrogen-bond donors (Lipinski definition) is 2. The predicted molar refractivity (Wildman–Crippen MR) is 105 cm³/mol. The molecule has 2 rings (SSSR count). The van der Waals surface area contributed by atoms with Gasteiger partial charge in [-0.05, 0) is 30.7 Å². The molecule has 2 amide bonds. The van der Waals surface area contributed by atoms with Gasteiger partial charge in [-0.25, -0.2) is 0 Å². The number of benzene rings is 2. The van der Waals surface area contributed by atoms with Crippen molar-refractivity contribution < 1.29 is 19.4 Å². The summed E-state index contributed by atoms with van der Waals surface area (Å²) in [5.74, 6) is -1.05. The minimum atomic E-state index is -0.685. The molecule has 0 aliphatic carbocycles. The lowest BCUT2D eigenvalue weighted by Gasteiger charge is -2.07. The molecule has 0 saturated carbocycles. The minimum absolute atomic E-state index is 0.0725. The number of halogens is 2. The topological polar surface area (TPSA) is 144 Å². The number of hydrogen-bond acceptors (Lipinski definition) is 6. The smallest absolute Gasteiger partial charge is 0.288 e. The van der Waals surface area contributed by atoms with Gasteiger partial charge in [-0.15, -0.1) is 0 Å². The molecule has 0 heterocycles. The predicted octanol–water partition coefficient (Wildman–Crippen LogP) is 3.36. The molecule has 0 bridgehead atoms. The molecule has 0 saturated heterocycles. The Morgan fingerprint density at radius 2 is 1.17 bits per heavy atom. The van der Waals surface area contributed by atoms with Gasteiger partial charge in [0.2, 0.25) is 0 Å². The molecule has 0 aliphatic rings. The summed E-state index contributed by atoms with van der Waals surface area (Å²) in [6, 6.07) is 7.40. The lowest BCUT2D eigenvalue weighted by molar-refractivity contribution is -0.384. The average Bonchev–Trinajstić information content (AvgIpc) is 2.67. The summed E-state index contributed by atoms with van der Waals surface area (Å²) < 4.78 is 0. The Kier molecular flexibility index (Phi) is 7.46. The third-order valence-electron chi connectivity index (χ3n) is 3.73. The van der Waals surface area contributed by atoms with Gasteiger partial charge in [0.1, 0.15) is 10.0 Å². The molecule has 12 heteroatoms. The molecule has 0 aromatic heterocycles. The van der Waals surface area contributed by atoms with Gasteiger partial charge in [0.15, 0.2) is 0 Å². The van der Waals surface area contributed by atoms with E-state index < -0.39 is 21.7 Å². The summed E-state index contributed by atoms with van der Waals surface area (Å²) in [5.41, 5.74) is -0.579. The molecule has 0 aliphatic heterocycles. The second-order valence-electron chi connectivity index (χ2n) is 5.71. The van der Waals surface area contributed by atoms with Crippen LogP contribution in [0.1, 0.15) is 27.1 Å². The van der Waals surface area contributed by atoms with Crippen molar-refractivity contribution >= 4 is 46.4 Å². The fourth-order valence-corrected chi connectivity index (χ4v) is 2.66. The van der Waals surface area contributed by atoms with Gasteiger partial charge in [0.25, 0.3) is 23.2 Å². The van der Waals surface area contributed by atoms with Crippen molar-refractivity contribution in [1.29, 1.82) is 0 Å². The second-order valence-corrected chi connectivity index (χ2v) is 6.53. The molecular formula is C17H14Cl2N4O6. The maximum absolute atomic E-state index is 12.0. The largest absolute Gasteiger partial charge is 0.352 e. The van der Waals surface area contributed by atoms with Crippen LogP contribution in [0.3, 0.4) is 0 Å². The molecule has 10 nitrogen and oxygen atoms in total. The van der Waals surface area contributed by atoms with Crippen molar-refractivity contribution in [1.82, 2.24) is 10.6 Å². The number of nitro groups is 2. The van der Waals surface area contributed by atoms with Crippen LogP contribution < -0.4 is 10.6 Å². The quantitative estimate of drug-likeness (QED) is 0.365. The lowest BCUT2D eigenvalue weighted by atomic mass is 10.2. The number of amides is 2. The van der Waals surface area contributed by atoms with Crippen LogP contribution in [0.15, 0.2) is 36.4 Å². The summed E-state index contributed by atoms with van der Waals surface area (Å²) in [6.07, 6.45) is 0.364. The van der Waals surface area contributed by atoms with Gasteiger partial charge in [-0.3, -0.25) is 29.8 Å². The highest BCUT2D eigenvalue weighted by Crippen LogP contribution is 2.25. The maximum Gasteiger partial charge on any atom is 0.288 e. The van der Waals surface area contributed by atoms with Crippen LogP contribution in [-0.2, 0) is 0 Å².